The SMILES string of the molecule is CN=C(NCCc1cccc(F)c1F)NCC(C)c1ccsc1.I. The fourth-order valence-electron chi connectivity index (χ4n) is 2.20. The van der Waals surface area contributed by atoms with E-state index in [2.05, 4.69) is 39.4 Å². The predicted octanol–water partition coefficient (Wildman–Crippen LogP) is 4.16. The van der Waals surface area contributed by atoms with E-state index >= 15 is 0 Å². The first kappa shape index (κ1) is 20.8. The average molecular weight is 465 g/mol. The smallest absolute Gasteiger partial charge is 0.191 e. The second-order valence-electron chi connectivity index (χ2n) is 5.30. The minimum Gasteiger partial charge on any atom is -0.356 e. The number of hydrogen-bond donors (Lipinski definition) is 2. The number of halogens is 3. The summed E-state index contributed by atoms with van der Waals surface area (Å²) in [7, 11) is 1.69. The van der Waals surface area contributed by atoms with Gasteiger partial charge in [-0.3, -0.25) is 4.99 Å². The Kier molecular flexibility index (Phi) is 9.20. The standard InChI is InChI=1S/C17H21F2N3S.HI/c1-12(14-7-9-23-11-14)10-22-17(20-2)21-8-6-13-4-3-5-15(18)16(13)19;/h3-5,7,9,11-12H,6,8,10H2,1-2H3,(H2,20,21,22);1H. The molecule has 132 valence electrons. The van der Waals surface area contributed by atoms with Gasteiger partial charge in [-0.1, -0.05) is 19.1 Å². The van der Waals surface area contributed by atoms with Crippen LogP contribution in [0.4, 0.5) is 8.78 Å². The van der Waals surface area contributed by atoms with Gasteiger partial charge >= 0.3 is 0 Å². The number of nitrogens with one attached hydrogen (secondary N) is 2. The van der Waals surface area contributed by atoms with E-state index in [4.69, 9.17) is 0 Å². The van der Waals surface area contributed by atoms with Gasteiger partial charge in [0.05, 0.1) is 0 Å². The van der Waals surface area contributed by atoms with Crippen LogP contribution in [-0.4, -0.2) is 26.1 Å². The molecule has 1 heterocycles. The Morgan fingerprint density at radius 1 is 1.25 bits per heavy atom. The number of thiophene rings is 1. The maximum Gasteiger partial charge on any atom is 0.191 e. The van der Waals surface area contributed by atoms with Gasteiger partial charge in [0.1, 0.15) is 0 Å². The zero-order valence-corrected chi connectivity index (χ0v) is 16.8. The molecule has 2 N–H and O–H groups in total. The maximum absolute atomic E-state index is 13.6. The number of nitrogens with zero attached hydrogens (tertiary/aromatic N) is 1. The van der Waals surface area contributed by atoms with Crippen molar-refractivity contribution in [2.45, 2.75) is 19.3 Å². The van der Waals surface area contributed by atoms with Crippen molar-refractivity contribution in [3.63, 3.8) is 0 Å². The number of aliphatic imine (C=N–C) groups is 1. The molecule has 1 atom stereocenters. The van der Waals surface area contributed by atoms with Gasteiger partial charge < -0.3 is 10.6 Å². The molecule has 0 fully saturated rings. The second-order valence-corrected chi connectivity index (χ2v) is 6.08. The molecule has 1 unspecified atom stereocenters. The van der Waals surface area contributed by atoms with Crippen molar-refractivity contribution in [1.29, 1.82) is 0 Å². The van der Waals surface area contributed by atoms with Gasteiger partial charge in [0, 0.05) is 20.1 Å². The van der Waals surface area contributed by atoms with Crippen LogP contribution in [-0.2, 0) is 6.42 Å². The minimum atomic E-state index is -0.811. The third kappa shape index (κ3) is 6.01. The zero-order valence-electron chi connectivity index (χ0n) is 13.7. The summed E-state index contributed by atoms with van der Waals surface area (Å²) in [6.45, 7) is 3.38. The van der Waals surface area contributed by atoms with Gasteiger partial charge in [-0.2, -0.15) is 11.3 Å². The molecule has 0 saturated carbocycles. The van der Waals surface area contributed by atoms with E-state index in [-0.39, 0.29) is 24.0 Å². The fraction of sp³-hybridized carbons (Fsp3) is 0.353. The number of guanidine groups is 1. The molecule has 0 amide bonds. The molecule has 7 heteroatoms. The van der Waals surface area contributed by atoms with E-state index in [9.17, 15) is 8.78 Å². The van der Waals surface area contributed by atoms with Gasteiger partial charge in [-0.15, -0.1) is 24.0 Å². The summed E-state index contributed by atoms with van der Waals surface area (Å²) in [5.41, 5.74) is 1.65. The highest BCUT2D eigenvalue weighted by Gasteiger charge is 2.09. The lowest BCUT2D eigenvalue weighted by Crippen LogP contribution is -2.39. The van der Waals surface area contributed by atoms with E-state index in [1.165, 1.54) is 11.6 Å². The van der Waals surface area contributed by atoms with Crippen LogP contribution < -0.4 is 10.6 Å². The van der Waals surface area contributed by atoms with Crippen molar-refractivity contribution in [1.82, 2.24) is 10.6 Å². The Bertz CT molecular complexity index is 647. The largest absolute Gasteiger partial charge is 0.356 e. The molecule has 0 aliphatic heterocycles. The highest BCUT2D eigenvalue weighted by atomic mass is 127. The highest BCUT2D eigenvalue weighted by molar-refractivity contribution is 14.0. The first-order valence-corrected chi connectivity index (χ1v) is 8.45. The van der Waals surface area contributed by atoms with Gasteiger partial charge in [-0.05, 0) is 46.4 Å². The van der Waals surface area contributed by atoms with Crippen molar-refractivity contribution >= 4 is 41.3 Å². The number of benzene rings is 1. The first-order valence-electron chi connectivity index (χ1n) is 7.51. The number of hydrogen-bond acceptors (Lipinski definition) is 2. The minimum absolute atomic E-state index is 0. The van der Waals surface area contributed by atoms with Gasteiger partial charge in [-0.25, -0.2) is 8.78 Å². The van der Waals surface area contributed by atoms with Crippen molar-refractivity contribution in [3.05, 3.63) is 57.8 Å². The third-order valence-corrected chi connectivity index (χ3v) is 4.33. The molecule has 0 bridgehead atoms. The van der Waals surface area contributed by atoms with Crippen LogP contribution in [0.2, 0.25) is 0 Å². The van der Waals surface area contributed by atoms with E-state index in [1.807, 2.05) is 0 Å². The van der Waals surface area contributed by atoms with Crippen LogP contribution in [0.3, 0.4) is 0 Å². The summed E-state index contributed by atoms with van der Waals surface area (Å²) in [6.07, 6.45) is 0.393. The molecule has 1 aromatic heterocycles. The Morgan fingerprint density at radius 2 is 2.04 bits per heavy atom. The first-order chi connectivity index (χ1) is 11.1. The van der Waals surface area contributed by atoms with Gasteiger partial charge in [0.25, 0.3) is 0 Å². The fourth-order valence-corrected chi connectivity index (χ4v) is 2.98. The molecule has 24 heavy (non-hydrogen) atoms. The van der Waals surface area contributed by atoms with Crippen molar-refractivity contribution < 1.29 is 8.78 Å². The summed E-state index contributed by atoms with van der Waals surface area (Å²) < 4.78 is 26.7. The highest BCUT2D eigenvalue weighted by Crippen LogP contribution is 2.17. The van der Waals surface area contributed by atoms with Crippen molar-refractivity contribution in [2.75, 3.05) is 20.1 Å². The zero-order chi connectivity index (χ0) is 16.7. The van der Waals surface area contributed by atoms with E-state index in [1.54, 1.807) is 24.5 Å². The van der Waals surface area contributed by atoms with Crippen LogP contribution in [0, 0.1) is 11.6 Å². The maximum atomic E-state index is 13.6. The normalized spacial score (nSPS) is 12.4. The molecule has 0 spiro atoms. The van der Waals surface area contributed by atoms with Crippen LogP contribution in [0.25, 0.3) is 0 Å². The molecule has 2 rings (SSSR count). The summed E-state index contributed by atoms with van der Waals surface area (Å²) in [5, 5.41) is 10.6. The molecule has 0 aliphatic carbocycles. The summed E-state index contributed by atoms with van der Waals surface area (Å²) in [5.74, 6) is -0.553. The van der Waals surface area contributed by atoms with Crippen LogP contribution in [0.1, 0.15) is 24.0 Å². The second kappa shape index (κ2) is 10.6. The quantitative estimate of drug-likeness (QED) is 0.382. The average Bonchev–Trinajstić information content (AvgIpc) is 3.08. The predicted molar refractivity (Wildman–Crippen MR) is 108 cm³/mol. The molecule has 2 aromatic rings. The Morgan fingerprint density at radius 3 is 2.71 bits per heavy atom. The lowest BCUT2D eigenvalue weighted by atomic mass is 10.1. The van der Waals surface area contributed by atoms with E-state index in [0.29, 0.717) is 30.4 Å². The Labute approximate surface area is 162 Å². The molecular formula is C17H22F2IN3S. The van der Waals surface area contributed by atoms with Crippen LogP contribution >= 0.6 is 35.3 Å². The molecular weight excluding hydrogens is 443 g/mol. The number of rotatable bonds is 6. The molecule has 3 nitrogen and oxygen atoms in total. The van der Waals surface area contributed by atoms with Crippen molar-refractivity contribution in [2.24, 2.45) is 4.99 Å². The lowest BCUT2D eigenvalue weighted by molar-refractivity contribution is 0.498. The van der Waals surface area contributed by atoms with Crippen LogP contribution in [0.5, 0.6) is 0 Å². The molecule has 0 radical (unpaired) electrons. The molecule has 0 aliphatic rings. The van der Waals surface area contributed by atoms with Gasteiger partial charge in [0.2, 0.25) is 0 Å². The lowest BCUT2D eigenvalue weighted by Gasteiger charge is -2.15. The topological polar surface area (TPSA) is 36.4 Å². The van der Waals surface area contributed by atoms with E-state index in [0.717, 1.165) is 12.6 Å². The molecule has 1 aromatic carbocycles. The monoisotopic (exact) mass is 465 g/mol. The Hall–Kier alpha value is -1.22. The third-order valence-electron chi connectivity index (χ3n) is 3.63. The summed E-state index contributed by atoms with van der Waals surface area (Å²) >= 11 is 1.68. The van der Waals surface area contributed by atoms with Gasteiger partial charge in [0.15, 0.2) is 17.6 Å². The Balaban J connectivity index is 0.00000288. The van der Waals surface area contributed by atoms with E-state index < -0.39 is 11.6 Å². The van der Waals surface area contributed by atoms with Crippen molar-refractivity contribution in [3.8, 4) is 0 Å². The summed E-state index contributed by atoms with van der Waals surface area (Å²) in [4.78, 5) is 4.14. The van der Waals surface area contributed by atoms with Crippen LogP contribution in [0.15, 0.2) is 40.0 Å². The molecule has 0 saturated heterocycles. The summed E-state index contributed by atoms with van der Waals surface area (Å²) in [6, 6.07) is 6.34.